The number of aryl methyl sites for hydroxylation is 1. The van der Waals surface area contributed by atoms with Gasteiger partial charge in [-0.1, -0.05) is 33.3 Å². The van der Waals surface area contributed by atoms with E-state index >= 15 is 0 Å². The summed E-state index contributed by atoms with van der Waals surface area (Å²) in [5.74, 6) is 2.80. The van der Waals surface area contributed by atoms with Crippen molar-refractivity contribution in [1.82, 2.24) is 0 Å². The molecular weight excluding hydrogens is 246 g/mol. The van der Waals surface area contributed by atoms with Gasteiger partial charge in [-0.2, -0.15) is 0 Å². The number of rotatable bonds is 3. The highest BCUT2D eigenvalue weighted by atomic mass is 16.5. The zero-order chi connectivity index (χ0) is 14.9. The number of methoxy groups -OCH3 is 1. The lowest BCUT2D eigenvalue weighted by Gasteiger charge is -2.47. The van der Waals surface area contributed by atoms with E-state index in [-0.39, 0.29) is 5.54 Å². The lowest BCUT2D eigenvalue weighted by Crippen LogP contribution is -2.50. The molecule has 2 nitrogen and oxygen atoms in total. The molecule has 20 heavy (non-hydrogen) atoms. The third kappa shape index (κ3) is 2.71. The summed E-state index contributed by atoms with van der Waals surface area (Å²) in [5, 5.41) is 0. The van der Waals surface area contributed by atoms with Crippen molar-refractivity contribution >= 4 is 0 Å². The zero-order valence-corrected chi connectivity index (χ0v) is 13.6. The minimum atomic E-state index is -0.192. The Morgan fingerprint density at radius 2 is 2.00 bits per heavy atom. The topological polar surface area (TPSA) is 35.2 Å². The van der Waals surface area contributed by atoms with E-state index in [9.17, 15) is 0 Å². The Morgan fingerprint density at radius 3 is 2.55 bits per heavy atom. The van der Waals surface area contributed by atoms with Gasteiger partial charge < -0.3 is 10.5 Å². The van der Waals surface area contributed by atoms with Crippen molar-refractivity contribution in [2.75, 3.05) is 7.11 Å². The van der Waals surface area contributed by atoms with Gasteiger partial charge in [0.05, 0.1) is 7.11 Å². The minimum absolute atomic E-state index is 0.192. The first-order chi connectivity index (χ1) is 9.38. The molecule has 0 spiro atoms. The van der Waals surface area contributed by atoms with Crippen molar-refractivity contribution in [2.45, 2.75) is 52.5 Å². The molecule has 0 radical (unpaired) electrons. The monoisotopic (exact) mass is 275 g/mol. The number of hydrogen-bond acceptors (Lipinski definition) is 2. The van der Waals surface area contributed by atoms with Crippen LogP contribution in [-0.4, -0.2) is 7.11 Å². The summed E-state index contributed by atoms with van der Waals surface area (Å²) in [6.45, 7) is 9.10. The quantitative estimate of drug-likeness (QED) is 0.895. The van der Waals surface area contributed by atoms with Crippen LogP contribution in [0.3, 0.4) is 0 Å². The minimum Gasteiger partial charge on any atom is -0.497 e. The molecule has 2 rings (SSSR count). The van der Waals surface area contributed by atoms with Crippen LogP contribution in [0, 0.1) is 24.7 Å². The van der Waals surface area contributed by atoms with Crippen LogP contribution in [0.2, 0.25) is 0 Å². The zero-order valence-electron chi connectivity index (χ0n) is 13.6. The van der Waals surface area contributed by atoms with Gasteiger partial charge in [-0.25, -0.2) is 0 Å². The normalized spacial score (nSPS) is 30.6. The first kappa shape index (κ1) is 15.4. The van der Waals surface area contributed by atoms with Gasteiger partial charge in [-0.15, -0.1) is 0 Å². The number of ether oxygens (including phenoxy) is 1. The number of hydrogen-bond donors (Lipinski definition) is 1. The van der Waals surface area contributed by atoms with E-state index in [4.69, 9.17) is 10.5 Å². The van der Waals surface area contributed by atoms with Gasteiger partial charge in [0.15, 0.2) is 0 Å². The van der Waals surface area contributed by atoms with Gasteiger partial charge in [-0.3, -0.25) is 0 Å². The summed E-state index contributed by atoms with van der Waals surface area (Å²) in [4.78, 5) is 0. The highest BCUT2D eigenvalue weighted by Gasteiger charge is 2.43. The molecule has 0 amide bonds. The molecule has 2 heteroatoms. The largest absolute Gasteiger partial charge is 0.497 e. The van der Waals surface area contributed by atoms with Crippen LogP contribution < -0.4 is 10.5 Å². The first-order valence-corrected chi connectivity index (χ1v) is 7.82. The molecule has 1 aromatic rings. The average molecular weight is 275 g/mol. The maximum Gasteiger partial charge on any atom is 0.119 e. The van der Waals surface area contributed by atoms with Crippen LogP contribution in [0.5, 0.6) is 5.75 Å². The fourth-order valence-electron chi connectivity index (χ4n) is 4.07. The van der Waals surface area contributed by atoms with Crippen molar-refractivity contribution in [2.24, 2.45) is 23.5 Å². The number of nitrogens with two attached hydrogens (primary N) is 1. The Labute approximate surface area is 123 Å². The SMILES string of the molecule is COc1ccc(C2(N)CC(C)CCC2C(C)C)c(C)c1. The van der Waals surface area contributed by atoms with Gasteiger partial charge in [0, 0.05) is 5.54 Å². The van der Waals surface area contributed by atoms with E-state index in [1.807, 2.05) is 6.07 Å². The van der Waals surface area contributed by atoms with Crippen LogP contribution in [0.4, 0.5) is 0 Å². The molecule has 1 aliphatic carbocycles. The second kappa shape index (κ2) is 5.77. The third-order valence-corrected chi connectivity index (χ3v) is 5.06. The molecular formula is C18H29NO. The summed E-state index contributed by atoms with van der Waals surface area (Å²) >= 11 is 0. The van der Waals surface area contributed by atoms with E-state index in [0.717, 1.165) is 12.2 Å². The van der Waals surface area contributed by atoms with Crippen molar-refractivity contribution < 1.29 is 4.74 Å². The second-order valence-electron chi connectivity index (χ2n) is 6.96. The van der Waals surface area contributed by atoms with Crippen molar-refractivity contribution in [1.29, 1.82) is 0 Å². The summed E-state index contributed by atoms with van der Waals surface area (Å²) in [7, 11) is 1.71. The van der Waals surface area contributed by atoms with E-state index in [1.54, 1.807) is 7.11 Å². The molecule has 1 fully saturated rings. The molecule has 1 saturated carbocycles. The van der Waals surface area contributed by atoms with Gasteiger partial charge >= 0.3 is 0 Å². The standard InChI is InChI=1S/C18H29NO/c1-12(2)16-8-6-13(3)11-18(16,19)17-9-7-15(20-5)10-14(17)4/h7,9-10,12-13,16H,6,8,11,19H2,1-5H3. The fourth-order valence-corrected chi connectivity index (χ4v) is 4.07. The van der Waals surface area contributed by atoms with E-state index in [2.05, 4.69) is 39.8 Å². The highest BCUT2D eigenvalue weighted by Crippen LogP contribution is 2.46. The Bertz CT molecular complexity index is 468. The van der Waals surface area contributed by atoms with Gasteiger partial charge in [0.25, 0.3) is 0 Å². The molecule has 1 aliphatic rings. The smallest absolute Gasteiger partial charge is 0.119 e. The Kier molecular flexibility index (Phi) is 4.43. The molecule has 112 valence electrons. The predicted octanol–water partition coefficient (Wildman–Crippen LogP) is 4.25. The van der Waals surface area contributed by atoms with Crippen LogP contribution >= 0.6 is 0 Å². The molecule has 2 N–H and O–H groups in total. The Hall–Kier alpha value is -1.02. The van der Waals surface area contributed by atoms with Gasteiger partial charge in [0.1, 0.15) is 5.75 Å². The summed E-state index contributed by atoms with van der Waals surface area (Å²) in [6.07, 6.45) is 3.63. The maximum absolute atomic E-state index is 6.97. The molecule has 0 aromatic heterocycles. The van der Waals surface area contributed by atoms with Crippen LogP contribution in [-0.2, 0) is 5.54 Å². The lowest BCUT2D eigenvalue weighted by molar-refractivity contribution is 0.108. The van der Waals surface area contributed by atoms with Crippen LogP contribution in [0.1, 0.15) is 51.2 Å². The van der Waals surface area contributed by atoms with Crippen LogP contribution in [0.25, 0.3) is 0 Å². The maximum atomic E-state index is 6.97. The molecule has 1 aromatic carbocycles. The first-order valence-electron chi connectivity index (χ1n) is 7.82. The molecule has 0 bridgehead atoms. The molecule has 0 saturated heterocycles. The average Bonchev–Trinajstić information content (AvgIpc) is 2.37. The Morgan fingerprint density at radius 1 is 1.30 bits per heavy atom. The van der Waals surface area contributed by atoms with E-state index in [0.29, 0.717) is 17.8 Å². The lowest BCUT2D eigenvalue weighted by atomic mass is 9.62. The molecule has 0 heterocycles. The second-order valence-corrected chi connectivity index (χ2v) is 6.96. The van der Waals surface area contributed by atoms with Crippen molar-refractivity contribution in [3.63, 3.8) is 0 Å². The van der Waals surface area contributed by atoms with Crippen LogP contribution in [0.15, 0.2) is 18.2 Å². The molecule has 3 unspecified atom stereocenters. The van der Waals surface area contributed by atoms with Gasteiger partial charge in [-0.05, 0) is 60.8 Å². The van der Waals surface area contributed by atoms with Gasteiger partial charge in [0.2, 0.25) is 0 Å². The van der Waals surface area contributed by atoms with Crippen molar-refractivity contribution in [3.8, 4) is 5.75 Å². The van der Waals surface area contributed by atoms with E-state index in [1.165, 1.54) is 24.0 Å². The predicted molar refractivity (Wildman–Crippen MR) is 84.9 cm³/mol. The summed E-state index contributed by atoms with van der Waals surface area (Å²) in [6, 6.07) is 6.34. The molecule has 3 atom stereocenters. The summed E-state index contributed by atoms with van der Waals surface area (Å²) in [5.41, 5.74) is 9.34. The van der Waals surface area contributed by atoms with E-state index < -0.39 is 0 Å². The number of benzene rings is 1. The third-order valence-electron chi connectivity index (χ3n) is 5.06. The van der Waals surface area contributed by atoms with Crippen molar-refractivity contribution in [3.05, 3.63) is 29.3 Å². The Balaban J connectivity index is 2.44. The molecule has 0 aliphatic heterocycles. The fraction of sp³-hybridized carbons (Fsp3) is 0.667. The summed E-state index contributed by atoms with van der Waals surface area (Å²) < 4.78 is 5.32. The highest BCUT2D eigenvalue weighted by molar-refractivity contribution is 5.40.